The molecule has 1 aromatic rings. The number of aliphatic hydroxyl groups is 3. The molecule has 2 atom stereocenters. The van der Waals surface area contributed by atoms with Crippen LogP contribution in [-0.2, 0) is 9.53 Å². The van der Waals surface area contributed by atoms with Crippen molar-refractivity contribution in [1.29, 1.82) is 0 Å². The highest BCUT2D eigenvalue weighted by atomic mass is 16.6. The Bertz CT molecular complexity index is 475. The van der Waals surface area contributed by atoms with Gasteiger partial charge in [-0.3, -0.25) is 10.1 Å². The molecule has 0 saturated carbocycles. The van der Waals surface area contributed by atoms with Crippen molar-refractivity contribution in [2.45, 2.75) is 12.2 Å². The SMILES string of the molecule is O=C(OCC(O)COc1ccc([N+](=O)[O-])cc1)C(O)CO. The summed E-state index contributed by atoms with van der Waals surface area (Å²) in [5.74, 6) is -0.742. The zero-order valence-corrected chi connectivity index (χ0v) is 10.9. The lowest BCUT2D eigenvalue weighted by atomic mass is 10.3. The van der Waals surface area contributed by atoms with Gasteiger partial charge in [0.05, 0.1) is 11.5 Å². The largest absolute Gasteiger partial charge is 0.491 e. The van der Waals surface area contributed by atoms with Crippen LogP contribution in [0, 0.1) is 10.1 Å². The first-order valence-electron chi connectivity index (χ1n) is 5.95. The number of rotatable bonds is 8. The second-order valence-corrected chi connectivity index (χ2v) is 4.04. The molecular weight excluding hydrogens is 286 g/mol. The van der Waals surface area contributed by atoms with Gasteiger partial charge in [0, 0.05) is 12.1 Å². The average molecular weight is 301 g/mol. The molecule has 21 heavy (non-hydrogen) atoms. The van der Waals surface area contributed by atoms with Crippen molar-refractivity contribution in [3.05, 3.63) is 34.4 Å². The minimum Gasteiger partial charge on any atom is -0.491 e. The second kappa shape index (κ2) is 8.15. The van der Waals surface area contributed by atoms with Crippen molar-refractivity contribution < 1.29 is 34.5 Å². The van der Waals surface area contributed by atoms with Crippen LogP contribution >= 0.6 is 0 Å². The molecule has 3 N–H and O–H groups in total. The fourth-order valence-electron chi connectivity index (χ4n) is 1.25. The van der Waals surface area contributed by atoms with Crippen LogP contribution in [0.2, 0.25) is 0 Å². The third-order valence-corrected chi connectivity index (χ3v) is 2.35. The van der Waals surface area contributed by atoms with E-state index >= 15 is 0 Å². The van der Waals surface area contributed by atoms with E-state index in [0.29, 0.717) is 5.75 Å². The maximum Gasteiger partial charge on any atom is 0.337 e. The monoisotopic (exact) mass is 301 g/mol. The fourth-order valence-corrected chi connectivity index (χ4v) is 1.25. The van der Waals surface area contributed by atoms with Gasteiger partial charge in [-0.05, 0) is 12.1 Å². The number of ether oxygens (including phenoxy) is 2. The van der Waals surface area contributed by atoms with Crippen molar-refractivity contribution in [3.63, 3.8) is 0 Å². The second-order valence-electron chi connectivity index (χ2n) is 4.04. The van der Waals surface area contributed by atoms with Gasteiger partial charge >= 0.3 is 5.97 Å². The molecule has 0 spiro atoms. The van der Waals surface area contributed by atoms with E-state index in [9.17, 15) is 20.0 Å². The Labute approximate surface area is 119 Å². The molecule has 0 bridgehead atoms. The molecule has 0 saturated heterocycles. The summed E-state index contributed by atoms with van der Waals surface area (Å²) >= 11 is 0. The van der Waals surface area contributed by atoms with Crippen LogP contribution in [0.15, 0.2) is 24.3 Å². The zero-order valence-electron chi connectivity index (χ0n) is 10.9. The topological polar surface area (TPSA) is 139 Å². The number of aliphatic hydroxyl groups excluding tert-OH is 3. The quantitative estimate of drug-likeness (QED) is 0.323. The van der Waals surface area contributed by atoms with Crippen molar-refractivity contribution in [1.82, 2.24) is 0 Å². The Morgan fingerprint density at radius 1 is 1.24 bits per heavy atom. The van der Waals surface area contributed by atoms with E-state index in [1.54, 1.807) is 0 Å². The smallest absolute Gasteiger partial charge is 0.337 e. The van der Waals surface area contributed by atoms with Crippen LogP contribution in [0.25, 0.3) is 0 Å². The third kappa shape index (κ3) is 5.73. The Kier molecular flexibility index (Phi) is 6.53. The number of hydrogen-bond donors (Lipinski definition) is 3. The van der Waals surface area contributed by atoms with E-state index in [2.05, 4.69) is 4.74 Å². The molecule has 1 aromatic carbocycles. The fraction of sp³-hybridized carbons (Fsp3) is 0.417. The van der Waals surface area contributed by atoms with E-state index in [1.165, 1.54) is 24.3 Å². The van der Waals surface area contributed by atoms with Crippen LogP contribution in [0.1, 0.15) is 0 Å². The molecular formula is C12H15NO8. The summed E-state index contributed by atoms with van der Waals surface area (Å²) in [7, 11) is 0. The van der Waals surface area contributed by atoms with Gasteiger partial charge < -0.3 is 24.8 Å². The molecule has 116 valence electrons. The van der Waals surface area contributed by atoms with E-state index < -0.39 is 36.3 Å². The first-order chi connectivity index (χ1) is 9.93. The summed E-state index contributed by atoms with van der Waals surface area (Å²) in [6.45, 7) is -1.39. The van der Waals surface area contributed by atoms with E-state index in [-0.39, 0.29) is 12.3 Å². The lowest BCUT2D eigenvalue weighted by molar-refractivity contribution is -0.384. The molecule has 0 aliphatic heterocycles. The Balaban J connectivity index is 2.34. The number of nitro benzene ring substituents is 1. The molecule has 9 nitrogen and oxygen atoms in total. The van der Waals surface area contributed by atoms with E-state index in [0.717, 1.165) is 0 Å². The number of carbonyl (C=O) groups is 1. The van der Waals surface area contributed by atoms with Gasteiger partial charge in [-0.1, -0.05) is 0 Å². The third-order valence-electron chi connectivity index (χ3n) is 2.35. The summed E-state index contributed by atoms with van der Waals surface area (Å²) < 4.78 is 9.67. The molecule has 0 radical (unpaired) electrons. The highest BCUT2D eigenvalue weighted by Gasteiger charge is 2.17. The van der Waals surface area contributed by atoms with Gasteiger partial charge in [0.2, 0.25) is 0 Å². The highest BCUT2D eigenvalue weighted by molar-refractivity contribution is 5.74. The maximum absolute atomic E-state index is 11.0. The molecule has 0 aromatic heterocycles. The lowest BCUT2D eigenvalue weighted by Gasteiger charge is -2.13. The Morgan fingerprint density at radius 2 is 1.86 bits per heavy atom. The first kappa shape index (κ1) is 16.8. The Morgan fingerprint density at radius 3 is 2.38 bits per heavy atom. The number of nitro groups is 1. The average Bonchev–Trinajstić information content (AvgIpc) is 2.49. The number of carbonyl (C=O) groups excluding carboxylic acids is 1. The van der Waals surface area contributed by atoms with Gasteiger partial charge in [-0.25, -0.2) is 4.79 Å². The first-order valence-corrected chi connectivity index (χ1v) is 5.95. The van der Waals surface area contributed by atoms with Gasteiger partial charge in [0.1, 0.15) is 25.1 Å². The van der Waals surface area contributed by atoms with Crippen LogP contribution in [0.3, 0.4) is 0 Å². The molecule has 0 aliphatic rings. The number of hydrogen-bond acceptors (Lipinski definition) is 8. The zero-order chi connectivity index (χ0) is 15.8. The molecule has 0 fully saturated rings. The summed E-state index contributed by atoms with van der Waals surface area (Å²) in [5.41, 5.74) is -0.0881. The summed E-state index contributed by atoms with van der Waals surface area (Å²) in [6, 6.07) is 5.23. The summed E-state index contributed by atoms with van der Waals surface area (Å²) in [5, 5.41) is 37.4. The molecule has 2 unspecified atom stereocenters. The molecule has 0 amide bonds. The minimum absolute atomic E-state index is 0.0881. The molecule has 1 rings (SSSR count). The number of esters is 1. The molecule has 0 heterocycles. The van der Waals surface area contributed by atoms with Crippen molar-refractivity contribution >= 4 is 11.7 Å². The van der Waals surface area contributed by atoms with Crippen LogP contribution < -0.4 is 4.74 Å². The van der Waals surface area contributed by atoms with Crippen molar-refractivity contribution in [3.8, 4) is 5.75 Å². The standard InChI is InChI=1S/C12H15NO8/c14-5-11(16)12(17)21-7-9(15)6-20-10-3-1-8(2-4-10)13(18)19/h1-4,9,11,14-16H,5-7H2. The van der Waals surface area contributed by atoms with Gasteiger partial charge in [0.25, 0.3) is 5.69 Å². The van der Waals surface area contributed by atoms with Gasteiger partial charge in [0.15, 0.2) is 6.10 Å². The van der Waals surface area contributed by atoms with Gasteiger partial charge in [-0.2, -0.15) is 0 Å². The summed E-state index contributed by atoms with van der Waals surface area (Å²) in [6.07, 6.45) is -2.79. The number of nitrogens with zero attached hydrogens (tertiary/aromatic N) is 1. The van der Waals surface area contributed by atoms with Gasteiger partial charge in [-0.15, -0.1) is 0 Å². The predicted molar refractivity (Wildman–Crippen MR) is 68.6 cm³/mol. The lowest BCUT2D eigenvalue weighted by Crippen LogP contribution is -2.31. The summed E-state index contributed by atoms with van der Waals surface area (Å²) in [4.78, 5) is 20.9. The van der Waals surface area contributed by atoms with Crippen LogP contribution in [0.4, 0.5) is 5.69 Å². The minimum atomic E-state index is -1.65. The van der Waals surface area contributed by atoms with E-state index in [1.807, 2.05) is 0 Å². The van der Waals surface area contributed by atoms with Crippen LogP contribution in [0.5, 0.6) is 5.75 Å². The highest BCUT2D eigenvalue weighted by Crippen LogP contribution is 2.17. The van der Waals surface area contributed by atoms with E-state index in [4.69, 9.17) is 14.9 Å². The van der Waals surface area contributed by atoms with Crippen molar-refractivity contribution in [2.24, 2.45) is 0 Å². The Hall–Kier alpha value is -2.23. The molecule has 9 heteroatoms. The normalized spacial score (nSPS) is 13.3. The van der Waals surface area contributed by atoms with Crippen molar-refractivity contribution in [2.75, 3.05) is 19.8 Å². The number of non-ortho nitro benzene ring substituents is 1. The molecule has 0 aliphatic carbocycles. The maximum atomic E-state index is 11.0. The van der Waals surface area contributed by atoms with Crippen LogP contribution in [-0.4, -0.2) is 58.2 Å². The number of benzene rings is 1. The predicted octanol–water partition coefficient (Wildman–Crippen LogP) is -0.769.